The predicted molar refractivity (Wildman–Crippen MR) is 185 cm³/mol. The zero-order chi connectivity index (χ0) is 33.3. The van der Waals surface area contributed by atoms with Gasteiger partial charge < -0.3 is 9.16 Å². The molecule has 1 aromatic rings. The van der Waals surface area contributed by atoms with E-state index in [1.54, 1.807) is 12.0 Å². The zero-order valence-electron chi connectivity index (χ0n) is 30.1. The maximum absolute atomic E-state index is 14.6. The second-order valence-corrected chi connectivity index (χ2v) is 22.1. The van der Waals surface area contributed by atoms with E-state index in [-0.39, 0.29) is 45.9 Å². The predicted octanol–water partition coefficient (Wildman–Crippen LogP) is 9.06. The highest BCUT2D eigenvalue weighted by atomic mass is 28.4. The zero-order valence-corrected chi connectivity index (χ0v) is 31.1. The van der Waals surface area contributed by atoms with Crippen molar-refractivity contribution in [2.75, 3.05) is 13.7 Å². The second-order valence-electron chi connectivity index (χ2n) is 17.3. The molecule has 2 amide bonds. The standard InChI is InChI=1S/C39H59NO4Si/c1-24-13-18-31-30(23-44-45(11,12)37(5,6)7)33(26(3)20-38(31,8)19-24)39(9)21-25(2)27(4)32-34(39)36(42)40(35(32)41)22-28-14-16-29(43-10)17-15-28/h14-17,20-21,24,27,30-34H,13,18-19,22-23H2,1-12H3/t24-,27-,30+,31+,32+,33-,34-,38+,39-/m0/s1. The molecule has 4 aliphatic rings. The number of allylic oxidation sites excluding steroid dienone is 4. The lowest BCUT2D eigenvalue weighted by atomic mass is 9.46. The van der Waals surface area contributed by atoms with Crippen LogP contribution in [0.1, 0.15) is 87.1 Å². The largest absolute Gasteiger partial charge is 0.497 e. The minimum Gasteiger partial charge on any atom is -0.497 e. The number of hydrogen-bond donors (Lipinski definition) is 0. The van der Waals surface area contributed by atoms with Crippen molar-refractivity contribution in [1.29, 1.82) is 0 Å². The summed E-state index contributed by atoms with van der Waals surface area (Å²) in [4.78, 5) is 30.5. The molecule has 0 aromatic heterocycles. The molecule has 1 saturated carbocycles. The van der Waals surface area contributed by atoms with Crippen LogP contribution in [0.5, 0.6) is 5.75 Å². The molecule has 45 heavy (non-hydrogen) atoms. The first-order valence-electron chi connectivity index (χ1n) is 17.4. The lowest BCUT2D eigenvalue weighted by Gasteiger charge is -2.58. The number of imide groups is 1. The SMILES string of the molecule is COc1ccc(CN2C(=O)[C@H]3[C@@H](C2=O)[C@](C)([C@H]2C(C)=C[C@@]4(C)C[C@@H](C)CC[C@@H]4[C@H]2CO[Si](C)(C)C(C)(C)C)C=C(C)[C@@H]3C)cc1. The Morgan fingerprint density at radius 1 is 0.933 bits per heavy atom. The van der Waals surface area contributed by atoms with Gasteiger partial charge in [-0.15, -0.1) is 0 Å². The van der Waals surface area contributed by atoms with Crippen LogP contribution in [0, 0.1) is 52.3 Å². The van der Waals surface area contributed by atoms with Gasteiger partial charge in [-0.3, -0.25) is 14.5 Å². The lowest BCUT2D eigenvalue weighted by Crippen LogP contribution is -2.55. The molecule has 5 rings (SSSR count). The first-order valence-corrected chi connectivity index (χ1v) is 20.3. The monoisotopic (exact) mass is 633 g/mol. The van der Waals surface area contributed by atoms with E-state index >= 15 is 0 Å². The van der Waals surface area contributed by atoms with Gasteiger partial charge in [0.05, 0.1) is 25.5 Å². The van der Waals surface area contributed by atoms with E-state index in [4.69, 9.17) is 9.16 Å². The van der Waals surface area contributed by atoms with Crippen molar-refractivity contribution in [2.45, 2.75) is 106 Å². The molecule has 3 aliphatic carbocycles. The van der Waals surface area contributed by atoms with Crippen LogP contribution in [0.3, 0.4) is 0 Å². The Bertz CT molecular complexity index is 1370. The van der Waals surface area contributed by atoms with Crippen molar-refractivity contribution < 1.29 is 18.8 Å². The van der Waals surface area contributed by atoms with Gasteiger partial charge >= 0.3 is 0 Å². The molecule has 1 aliphatic heterocycles. The Hall–Kier alpha value is -2.18. The molecule has 1 saturated heterocycles. The Labute approximate surface area is 274 Å². The summed E-state index contributed by atoms with van der Waals surface area (Å²) < 4.78 is 12.5. The van der Waals surface area contributed by atoms with Gasteiger partial charge in [0.25, 0.3) is 0 Å². The van der Waals surface area contributed by atoms with Crippen molar-refractivity contribution in [2.24, 2.45) is 52.3 Å². The molecule has 9 atom stereocenters. The van der Waals surface area contributed by atoms with E-state index in [0.29, 0.717) is 25.0 Å². The molecule has 248 valence electrons. The fourth-order valence-corrected chi connectivity index (χ4v) is 10.8. The number of carbonyl (C=O) groups is 2. The number of likely N-dealkylation sites (tertiary alicyclic amines) is 1. The van der Waals surface area contributed by atoms with E-state index in [0.717, 1.165) is 11.3 Å². The fourth-order valence-electron chi connectivity index (χ4n) is 9.79. The second kappa shape index (κ2) is 11.8. The molecular weight excluding hydrogens is 575 g/mol. The van der Waals surface area contributed by atoms with Gasteiger partial charge in [-0.2, -0.15) is 0 Å². The first-order chi connectivity index (χ1) is 20.8. The summed E-state index contributed by atoms with van der Waals surface area (Å²) in [5, 5.41) is 0.119. The normalized spacial score (nSPS) is 37.2. The van der Waals surface area contributed by atoms with E-state index < -0.39 is 19.7 Å². The number of methoxy groups -OCH3 is 1. The highest BCUT2D eigenvalue weighted by molar-refractivity contribution is 6.74. The molecule has 5 nitrogen and oxygen atoms in total. The molecule has 2 fully saturated rings. The summed E-state index contributed by atoms with van der Waals surface area (Å²) in [6.45, 7) is 26.5. The van der Waals surface area contributed by atoms with E-state index in [1.165, 1.54) is 30.4 Å². The average Bonchev–Trinajstić information content (AvgIpc) is 3.19. The number of ether oxygens (including phenoxy) is 1. The third-order valence-electron chi connectivity index (χ3n) is 13.1. The van der Waals surface area contributed by atoms with Gasteiger partial charge in [0.1, 0.15) is 5.75 Å². The Morgan fingerprint density at radius 3 is 2.18 bits per heavy atom. The molecule has 1 aromatic carbocycles. The van der Waals surface area contributed by atoms with Gasteiger partial charge in [-0.25, -0.2) is 0 Å². The molecule has 0 unspecified atom stereocenters. The van der Waals surface area contributed by atoms with Crippen molar-refractivity contribution >= 4 is 20.1 Å². The Morgan fingerprint density at radius 2 is 1.58 bits per heavy atom. The molecule has 0 bridgehead atoms. The summed E-state index contributed by atoms with van der Waals surface area (Å²) in [6, 6.07) is 7.72. The molecule has 0 spiro atoms. The van der Waals surface area contributed by atoms with Crippen LogP contribution in [0.4, 0.5) is 0 Å². The first kappa shape index (κ1) is 34.2. The number of benzene rings is 1. The summed E-state index contributed by atoms with van der Waals surface area (Å²) in [6.07, 6.45) is 8.61. The van der Waals surface area contributed by atoms with Gasteiger partial charge in [0.2, 0.25) is 11.8 Å². The topological polar surface area (TPSA) is 55.8 Å². The highest BCUT2D eigenvalue weighted by Gasteiger charge is 2.63. The molecule has 6 heteroatoms. The highest BCUT2D eigenvalue weighted by Crippen LogP contribution is 2.63. The van der Waals surface area contributed by atoms with Crippen LogP contribution in [0.15, 0.2) is 47.6 Å². The van der Waals surface area contributed by atoms with Crippen molar-refractivity contribution in [3.8, 4) is 5.75 Å². The average molecular weight is 634 g/mol. The number of hydrogen-bond acceptors (Lipinski definition) is 4. The van der Waals surface area contributed by atoms with Gasteiger partial charge in [0.15, 0.2) is 8.32 Å². The quantitative estimate of drug-likeness (QED) is 0.171. The van der Waals surface area contributed by atoms with Crippen molar-refractivity contribution in [1.82, 2.24) is 4.90 Å². The Balaban J connectivity index is 1.58. The molecule has 0 N–H and O–H groups in total. The third kappa shape index (κ3) is 5.81. The van der Waals surface area contributed by atoms with Crippen LogP contribution in [0.2, 0.25) is 18.1 Å². The summed E-state index contributed by atoms with van der Waals surface area (Å²) >= 11 is 0. The van der Waals surface area contributed by atoms with Crippen LogP contribution >= 0.6 is 0 Å². The number of amides is 2. The maximum Gasteiger partial charge on any atom is 0.234 e. The molecule has 0 radical (unpaired) electrons. The van der Waals surface area contributed by atoms with Gasteiger partial charge in [0, 0.05) is 12.0 Å². The summed E-state index contributed by atoms with van der Waals surface area (Å²) in [7, 11) is -0.372. The van der Waals surface area contributed by atoms with E-state index in [2.05, 4.69) is 87.6 Å². The molecule has 1 heterocycles. The van der Waals surface area contributed by atoms with Gasteiger partial charge in [-0.05, 0) is 97.5 Å². The van der Waals surface area contributed by atoms with E-state index in [1.807, 2.05) is 24.3 Å². The summed E-state index contributed by atoms with van der Waals surface area (Å²) in [5.41, 5.74) is 3.17. The minimum absolute atomic E-state index is 0.0126. The van der Waals surface area contributed by atoms with Crippen molar-refractivity contribution in [3.63, 3.8) is 0 Å². The number of carbonyl (C=O) groups excluding carboxylic acids is 2. The number of rotatable bonds is 7. The van der Waals surface area contributed by atoms with Crippen LogP contribution < -0.4 is 4.74 Å². The molecular formula is C39H59NO4Si. The summed E-state index contributed by atoms with van der Waals surface area (Å²) in [5.74, 6) is 1.61. The van der Waals surface area contributed by atoms with Crippen LogP contribution in [0.25, 0.3) is 0 Å². The van der Waals surface area contributed by atoms with E-state index in [9.17, 15) is 9.59 Å². The number of fused-ring (bicyclic) bond motifs is 2. The van der Waals surface area contributed by atoms with Crippen LogP contribution in [-0.2, 0) is 20.6 Å². The van der Waals surface area contributed by atoms with Crippen LogP contribution in [-0.4, -0.2) is 38.7 Å². The Kier molecular flexibility index (Phi) is 8.96. The smallest absolute Gasteiger partial charge is 0.234 e. The fraction of sp³-hybridized carbons (Fsp3) is 0.692. The van der Waals surface area contributed by atoms with Crippen molar-refractivity contribution in [3.05, 3.63) is 53.1 Å². The third-order valence-corrected chi connectivity index (χ3v) is 17.6. The lowest BCUT2D eigenvalue weighted by molar-refractivity contribution is -0.141. The minimum atomic E-state index is -2.02. The number of nitrogens with zero attached hydrogens (tertiary/aromatic N) is 1. The van der Waals surface area contributed by atoms with Gasteiger partial charge in [-0.1, -0.05) is 90.3 Å². The maximum atomic E-state index is 14.6.